The van der Waals surface area contributed by atoms with Crippen LogP contribution in [0, 0.1) is 6.92 Å². The van der Waals surface area contributed by atoms with E-state index in [9.17, 15) is 0 Å². The van der Waals surface area contributed by atoms with Gasteiger partial charge in [-0.05, 0) is 63.2 Å². The molecular weight excluding hydrogens is 450 g/mol. The lowest BCUT2D eigenvalue weighted by molar-refractivity contribution is 0.870. The van der Waals surface area contributed by atoms with E-state index in [-0.39, 0.29) is 0 Å². The number of benzene rings is 4. The average molecular weight is 482 g/mol. The van der Waals surface area contributed by atoms with Crippen molar-refractivity contribution in [3.05, 3.63) is 142 Å². The van der Waals surface area contributed by atoms with Crippen LogP contribution < -0.4 is 4.90 Å². The predicted molar refractivity (Wildman–Crippen MR) is 156 cm³/mol. The first-order valence-corrected chi connectivity index (χ1v) is 16.1. The summed E-state index contributed by atoms with van der Waals surface area (Å²) in [7, 11) is 0.237. The van der Waals surface area contributed by atoms with Crippen LogP contribution in [0.2, 0.25) is 13.1 Å². The van der Waals surface area contributed by atoms with Crippen molar-refractivity contribution < 1.29 is 0 Å². The lowest BCUT2D eigenvalue weighted by Crippen LogP contribution is -2.35. The van der Waals surface area contributed by atoms with Crippen LogP contribution in [0.3, 0.4) is 0 Å². The molecule has 0 saturated heterocycles. The standard InChI is InChI=1S/C34H31NSi/c1-22-18-19-30-29(20-22)32-33(35(30)2)26-16-10-11-17-27(26)34(32)36(3,4)31-21-28(23-12-6-5-7-13-23)24-14-8-9-15-25(24)31/h5-21,31,33H,1-4H3. The highest BCUT2D eigenvalue weighted by atomic mass is 28.3. The molecule has 0 spiro atoms. The van der Waals surface area contributed by atoms with E-state index in [1.54, 1.807) is 10.8 Å². The molecule has 2 heteroatoms. The second kappa shape index (κ2) is 7.69. The van der Waals surface area contributed by atoms with Gasteiger partial charge >= 0.3 is 0 Å². The van der Waals surface area contributed by atoms with Crippen LogP contribution in [0.1, 0.15) is 50.5 Å². The fraction of sp³-hybridized carbons (Fsp3) is 0.176. The summed E-state index contributed by atoms with van der Waals surface area (Å²) in [4.78, 5) is 2.51. The van der Waals surface area contributed by atoms with Crippen molar-refractivity contribution in [3.8, 4) is 0 Å². The van der Waals surface area contributed by atoms with Gasteiger partial charge in [0.25, 0.3) is 0 Å². The van der Waals surface area contributed by atoms with E-state index in [4.69, 9.17) is 0 Å². The van der Waals surface area contributed by atoms with Gasteiger partial charge in [0.15, 0.2) is 0 Å². The molecule has 3 aliphatic rings. The fourth-order valence-electron chi connectivity index (χ4n) is 7.07. The molecule has 7 rings (SSSR count). The number of rotatable bonds is 3. The molecule has 0 saturated carbocycles. The van der Waals surface area contributed by atoms with Gasteiger partial charge in [0, 0.05) is 23.8 Å². The normalized spacial score (nSPS) is 19.7. The molecule has 0 bridgehead atoms. The first-order chi connectivity index (χ1) is 17.5. The summed E-state index contributed by atoms with van der Waals surface area (Å²) in [5, 5.41) is 1.64. The second-order valence-corrected chi connectivity index (χ2v) is 15.7. The van der Waals surface area contributed by atoms with Crippen molar-refractivity contribution in [2.45, 2.75) is 31.6 Å². The van der Waals surface area contributed by atoms with Crippen LogP contribution in [-0.4, -0.2) is 15.1 Å². The summed E-state index contributed by atoms with van der Waals surface area (Å²) in [6, 6.07) is 36.6. The summed E-state index contributed by atoms with van der Waals surface area (Å²) < 4.78 is 0. The lowest BCUT2D eigenvalue weighted by atomic mass is 9.99. The molecule has 36 heavy (non-hydrogen) atoms. The third-order valence-corrected chi connectivity index (χ3v) is 12.6. The molecule has 4 aromatic rings. The number of anilines is 1. The van der Waals surface area contributed by atoms with E-state index in [0.29, 0.717) is 11.6 Å². The van der Waals surface area contributed by atoms with Gasteiger partial charge in [-0.2, -0.15) is 0 Å². The predicted octanol–water partition coefficient (Wildman–Crippen LogP) is 8.43. The Balaban J connectivity index is 1.48. The van der Waals surface area contributed by atoms with Crippen molar-refractivity contribution >= 4 is 30.1 Å². The zero-order valence-electron chi connectivity index (χ0n) is 21.4. The van der Waals surface area contributed by atoms with Crippen LogP contribution in [-0.2, 0) is 0 Å². The zero-order valence-corrected chi connectivity index (χ0v) is 22.4. The van der Waals surface area contributed by atoms with Gasteiger partial charge in [0.1, 0.15) is 0 Å². The van der Waals surface area contributed by atoms with Crippen molar-refractivity contribution in [1.29, 1.82) is 0 Å². The highest BCUT2D eigenvalue weighted by molar-refractivity contribution is 6.97. The Morgan fingerprint density at radius 2 is 1.36 bits per heavy atom. The van der Waals surface area contributed by atoms with Crippen molar-refractivity contribution in [3.63, 3.8) is 0 Å². The minimum Gasteiger partial charge on any atom is -0.363 e. The number of hydrogen-bond donors (Lipinski definition) is 0. The van der Waals surface area contributed by atoms with Gasteiger partial charge in [-0.1, -0.05) is 110 Å². The highest BCUT2D eigenvalue weighted by Gasteiger charge is 2.49. The van der Waals surface area contributed by atoms with Crippen molar-refractivity contribution in [1.82, 2.24) is 0 Å². The van der Waals surface area contributed by atoms with Crippen LogP contribution in [0.5, 0.6) is 0 Å². The van der Waals surface area contributed by atoms with Crippen LogP contribution in [0.4, 0.5) is 5.69 Å². The summed E-state index contributed by atoms with van der Waals surface area (Å²) >= 11 is 0. The van der Waals surface area contributed by atoms with E-state index in [1.165, 1.54) is 50.2 Å². The molecule has 1 nitrogen and oxygen atoms in total. The lowest BCUT2D eigenvalue weighted by Gasteiger charge is -2.33. The van der Waals surface area contributed by atoms with Gasteiger partial charge in [-0.15, -0.1) is 0 Å². The molecule has 176 valence electrons. The Morgan fingerprint density at radius 3 is 2.14 bits per heavy atom. The Kier molecular flexibility index (Phi) is 4.62. The van der Waals surface area contributed by atoms with E-state index >= 15 is 0 Å². The summed E-state index contributed by atoms with van der Waals surface area (Å²) in [5.74, 6) is 0. The monoisotopic (exact) mass is 481 g/mol. The molecule has 0 radical (unpaired) electrons. The Morgan fingerprint density at radius 1 is 0.694 bits per heavy atom. The fourth-order valence-corrected chi connectivity index (χ4v) is 10.9. The first kappa shape index (κ1) is 21.6. The van der Waals surface area contributed by atoms with Gasteiger partial charge in [-0.3, -0.25) is 0 Å². The number of allylic oxidation sites excluding steroid dienone is 1. The maximum Gasteiger partial charge on any atom is 0.0933 e. The summed E-state index contributed by atoms with van der Waals surface area (Å²) in [5.41, 5.74) is 14.7. The average Bonchev–Trinajstić information content (AvgIpc) is 3.54. The smallest absolute Gasteiger partial charge is 0.0933 e. The number of aryl methyl sites for hydroxylation is 1. The molecule has 0 aromatic heterocycles. The maximum absolute atomic E-state index is 2.61. The SMILES string of the molecule is Cc1ccc2c(c1)C1=C([Si](C)(C)C3C=C(c4ccccc4)c4ccccc43)c3ccccc3C1N2C. The summed E-state index contributed by atoms with van der Waals surface area (Å²) in [6.07, 6.45) is 2.60. The minimum absolute atomic E-state index is 0.314. The molecule has 2 aliphatic carbocycles. The molecule has 0 fully saturated rings. The molecule has 0 N–H and O–H groups in total. The van der Waals surface area contributed by atoms with Gasteiger partial charge in [-0.25, -0.2) is 0 Å². The maximum atomic E-state index is 2.61. The van der Waals surface area contributed by atoms with Crippen LogP contribution >= 0.6 is 0 Å². The molecular formula is C34H31NSi. The van der Waals surface area contributed by atoms with Gasteiger partial charge < -0.3 is 4.90 Å². The topological polar surface area (TPSA) is 3.24 Å². The molecule has 2 unspecified atom stereocenters. The molecule has 2 atom stereocenters. The molecule has 1 aliphatic heterocycles. The highest BCUT2D eigenvalue weighted by Crippen LogP contribution is 2.60. The zero-order chi connectivity index (χ0) is 24.6. The van der Waals surface area contributed by atoms with E-state index in [2.05, 4.69) is 135 Å². The van der Waals surface area contributed by atoms with E-state index < -0.39 is 8.07 Å². The number of nitrogens with zero attached hydrogens (tertiary/aromatic N) is 1. The Labute approximate surface area is 215 Å². The molecule has 0 amide bonds. The summed E-state index contributed by atoms with van der Waals surface area (Å²) in [6.45, 7) is 7.43. The second-order valence-electron chi connectivity index (χ2n) is 11.1. The minimum atomic E-state index is -2.04. The quantitative estimate of drug-likeness (QED) is 0.265. The Hall–Kier alpha value is -3.62. The van der Waals surface area contributed by atoms with Crippen molar-refractivity contribution in [2.75, 3.05) is 11.9 Å². The van der Waals surface area contributed by atoms with Gasteiger partial charge in [0.05, 0.1) is 14.1 Å². The molecule has 4 aromatic carbocycles. The largest absolute Gasteiger partial charge is 0.363 e. The third-order valence-electron chi connectivity index (χ3n) is 8.70. The number of likely N-dealkylation sites (N-methyl/N-ethyl adjacent to an activating group) is 1. The number of fused-ring (bicyclic) bond motifs is 6. The van der Waals surface area contributed by atoms with E-state index in [0.717, 1.165) is 0 Å². The van der Waals surface area contributed by atoms with E-state index in [1.807, 2.05) is 0 Å². The van der Waals surface area contributed by atoms with Gasteiger partial charge in [0.2, 0.25) is 0 Å². The molecule has 1 heterocycles. The first-order valence-electron chi connectivity index (χ1n) is 13.0. The third kappa shape index (κ3) is 2.88. The Bertz CT molecular complexity index is 1590. The van der Waals surface area contributed by atoms with Crippen molar-refractivity contribution in [2.24, 2.45) is 0 Å². The van der Waals surface area contributed by atoms with Crippen LogP contribution in [0.15, 0.2) is 103 Å². The van der Waals surface area contributed by atoms with Crippen LogP contribution in [0.25, 0.3) is 16.3 Å². The number of hydrogen-bond acceptors (Lipinski definition) is 1.